The van der Waals surface area contributed by atoms with Gasteiger partial charge in [-0.3, -0.25) is 14.1 Å². The Hall–Kier alpha value is -5.49. The molecule has 1 aromatic rings. The number of nitrogens with one attached hydrogen (secondary N) is 1. The van der Waals surface area contributed by atoms with Crippen LogP contribution in [0.5, 0.6) is 11.5 Å². The van der Waals surface area contributed by atoms with E-state index in [0.29, 0.717) is 17.7 Å². The summed E-state index contributed by atoms with van der Waals surface area (Å²) in [5, 5.41) is 27.1. The first kappa shape index (κ1) is 44.2. The number of β-lactam (4-membered cyclic amide) rings is 1. The highest BCUT2D eigenvalue weighted by molar-refractivity contribution is 7.84. The SMILES string of the molecule is C=C(C)[C@@H]1CCC(C)=C[C@H]1c1c(O)cc(CCCCC)cc1O/C(=N\C)N(C)C/C=C1\[C@H](NC(=O)/C(=N\OC(C)(C)C(=O)O)C2=CCC(N)=N2)C(=O)N1S(=O)(=O)O. The minimum Gasteiger partial charge on any atom is -0.507 e. The number of carboxylic acids is 1. The number of rotatable bonds is 16. The lowest BCUT2D eigenvalue weighted by Gasteiger charge is -2.38. The number of carboxylic acid groups (broad SMARTS) is 1. The summed E-state index contributed by atoms with van der Waals surface area (Å²) in [6.45, 7) is 12.6. The number of carbonyl (C=O) groups is 3. The minimum atomic E-state index is -5.12. The van der Waals surface area contributed by atoms with Crippen LogP contribution in [0.3, 0.4) is 0 Å². The fourth-order valence-electron chi connectivity index (χ4n) is 6.62. The molecule has 1 saturated heterocycles. The molecule has 57 heavy (non-hydrogen) atoms. The summed E-state index contributed by atoms with van der Waals surface area (Å²) in [6, 6.07) is 2.14. The molecule has 3 atom stereocenters. The number of phenols is 1. The predicted molar refractivity (Wildman–Crippen MR) is 215 cm³/mol. The van der Waals surface area contributed by atoms with Crippen molar-refractivity contribution in [2.24, 2.45) is 26.8 Å². The van der Waals surface area contributed by atoms with E-state index in [0.717, 1.165) is 43.2 Å². The first-order valence-corrected chi connectivity index (χ1v) is 20.0. The highest BCUT2D eigenvalue weighted by Gasteiger charge is 2.50. The van der Waals surface area contributed by atoms with E-state index < -0.39 is 45.4 Å². The molecule has 17 nitrogen and oxygen atoms in total. The average Bonchev–Trinajstić information content (AvgIpc) is 3.55. The number of aryl methyl sites for hydroxylation is 1. The van der Waals surface area contributed by atoms with E-state index in [2.05, 4.69) is 40.0 Å². The van der Waals surface area contributed by atoms with Crippen LogP contribution in [0.15, 0.2) is 74.6 Å². The monoisotopic (exact) mass is 811 g/mol. The second-order valence-electron chi connectivity index (χ2n) is 14.9. The largest absolute Gasteiger partial charge is 0.507 e. The molecular formula is C39H53N7O10S. The summed E-state index contributed by atoms with van der Waals surface area (Å²) in [5.74, 6) is -3.23. The van der Waals surface area contributed by atoms with Crippen molar-refractivity contribution >= 4 is 45.7 Å². The van der Waals surface area contributed by atoms with Gasteiger partial charge in [-0.05, 0) is 89.1 Å². The van der Waals surface area contributed by atoms with Crippen LogP contribution in [0.1, 0.15) is 90.2 Å². The van der Waals surface area contributed by atoms with Gasteiger partial charge in [0, 0.05) is 38.5 Å². The predicted octanol–water partition coefficient (Wildman–Crippen LogP) is 4.33. The Bertz CT molecular complexity index is 2080. The molecule has 0 spiro atoms. The average molecular weight is 812 g/mol. The van der Waals surface area contributed by atoms with E-state index in [1.165, 1.54) is 43.5 Å². The highest BCUT2D eigenvalue weighted by atomic mass is 32.2. The molecular weight excluding hydrogens is 759 g/mol. The number of ether oxygens (including phenoxy) is 1. The highest BCUT2D eigenvalue weighted by Crippen LogP contribution is 2.47. The molecule has 2 aliphatic heterocycles. The van der Waals surface area contributed by atoms with Gasteiger partial charge in [0.1, 0.15) is 17.3 Å². The summed E-state index contributed by atoms with van der Waals surface area (Å²) in [5.41, 5.74) is 6.61. The lowest BCUT2D eigenvalue weighted by atomic mass is 9.73. The molecule has 0 aromatic heterocycles. The van der Waals surface area contributed by atoms with Crippen LogP contribution in [-0.4, -0.2) is 100 Å². The number of aliphatic imine (C=N–C) groups is 2. The Kier molecular flexibility index (Phi) is 14.1. The van der Waals surface area contributed by atoms with Crippen molar-refractivity contribution < 1.29 is 47.1 Å². The molecule has 1 fully saturated rings. The van der Waals surface area contributed by atoms with Gasteiger partial charge in [-0.2, -0.15) is 12.7 Å². The van der Waals surface area contributed by atoms with Crippen LogP contribution >= 0.6 is 0 Å². The zero-order valence-electron chi connectivity index (χ0n) is 33.4. The van der Waals surface area contributed by atoms with Crippen LogP contribution < -0.4 is 15.8 Å². The lowest BCUT2D eigenvalue weighted by Crippen LogP contribution is -2.64. The van der Waals surface area contributed by atoms with Crippen LogP contribution in [0.2, 0.25) is 0 Å². The molecule has 0 unspecified atom stereocenters. The van der Waals surface area contributed by atoms with Gasteiger partial charge < -0.3 is 35.7 Å². The number of nitrogens with two attached hydrogens (primary N) is 1. The van der Waals surface area contributed by atoms with Gasteiger partial charge in [-0.1, -0.05) is 48.7 Å². The van der Waals surface area contributed by atoms with Gasteiger partial charge in [0.15, 0.2) is 11.8 Å². The molecule has 18 heteroatoms. The molecule has 0 radical (unpaired) electrons. The number of hydrogen-bond acceptors (Lipinski definition) is 12. The van der Waals surface area contributed by atoms with Crippen molar-refractivity contribution in [3.63, 3.8) is 0 Å². The Morgan fingerprint density at radius 2 is 1.96 bits per heavy atom. The smallest absolute Gasteiger partial charge is 0.366 e. The number of aromatic hydroxyl groups is 1. The maximum absolute atomic E-state index is 13.5. The number of amidine groups is 2. The van der Waals surface area contributed by atoms with Crippen molar-refractivity contribution in [2.75, 3.05) is 20.6 Å². The summed E-state index contributed by atoms with van der Waals surface area (Å²) in [7, 11) is -2.03. The number of amides is 2. The number of phenolic OH excluding ortho intramolecular Hbond substituents is 1. The number of aliphatic carboxylic acids is 1. The molecule has 2 heterocycles. The molecule has 6 N–H and O–H groups in total. The fraction of sp³-hybridized carbons (Fsp3) is 0.487. The second-order valence-corrected chi connectivity index (χ2v) is 16.1. The quantitative estimate of drug-likeness (QED) is 0.0298. The number of unbranched alkanes of at least 4 members (excludes halogenated alkanes) is 2. The molecule has 2 amide bonds. The molecule has 0 bridgehead atoms. The molecule has 4 rings (SSSR count). The zero-order valence-corrected chi connectivity index (χ0v) is 34.2. The number of benzene rings is 1. The van der Waals surface area contributed by atoms with Crippen LogP contribution in [0.25, 0.3) is 0 Å². The maximum Gasteiger partial charge on any atom is 0.366 e. The van der Waals surface area contributed by atoms with Gasteiger partial charge in [0.05, 0.1) is 11.4 Å². The molecule has 1 aromatic carbocycles. The number of likely N-dealkylation sites (N-methyl/N-ethyl adjacent to an activating group) is 1. The number of oxime groups is 1. The Morgan fingerprint density at radius 3 is 2.54 bits per heavy atom. The molecule has 3 aliphatic rings. The van der Waals surface area contributed by atoms with Crippen LogP contribution in [0, 0.1) is 5.92 Å². The van der Waals surface area contributed by atoms with Crippen molar-refractivity contribution in [1.82, 2.24) is 14.5 Å². The third-order valence-electron chi connectivity index (χ3n) is 9.85. The van der Waals surface area contributed by atoms with Crippen LogP contribution in [-0.2, 0) is 35.9 Å². The van der Waals surface area contributed by atoms with E-state index in [1.807, 2.05) is 19.9 Å². The molecule has 1 aliphatic carbocycles. The first-order valence-electron chi connectivity index (χ1n) is 18.6. The first-order chi connectivity index (χ1) is 26.7. The van der Waals surface area contributed by atoms with Gasteiger partial charge in [0.25, 0.3) is 17.8 Å². The zero-order chi connectivity index (χ0) is 42.4. The molecule has 310 valence electrons. The van der Waals surface area contributed by atoms with Gasteiger partial charge >= 0.3 is 16.3 Å². The summed E-state index contributed by atoms with van der Waals surface area (Å²) < 4.78 is 41.2. The minimum absolute atomic E-state index is 0.0435. The van der Waals surface area contributed by atoms with E-state index >= 15 is 0 Å². The van der Waals surface area contributed by atoms with Crippen molar-refractivity contribution in [2.45, 2.75) is 97.1 Å². The van der Waals surface area contributed by atoms with Gasteiger partial charge in [-0.15, -0.1) is 0 Å². The van der Waals surface area contributed by atoms with E-state index in [1.54, 1.807) is 13.1 Å². The molecule has 0 saturated carbocycles. The summed E-state index contributed by atoms with van der Waals surface area (Å²) in [4.78, 5) is 53.3. The van der Waals surface area contributed by atoms with E-state index in [9.17, 15) is 37.6 Å². The fourth-order valence-corrected chi connectivity index (χ4v) is 7.40. The number of hydrogen-bond donors (Lipinski definition) is 5. The van der Waals surface area contributed by atoms with E-state index in [-0.39, 0.29) is 58.1 Å². The standard InChI is InChI=1S/C39H53N7O10S/c1-9-10-11-12-24-20-29(47)32(26-19-23(4)13-14-25(26)22(2)3)30(21-24)55-38(41-7)45(8)18-17-28-34(36(49)46(28)57(52,53)54)43-35(48)33(27-15-16-31(40)42-27)44-56-39(5,6)37(50)51/h15,17,19-21,25-26,34,47H,2,9-14,16,18H2,1,3-8H3,(H2,40,42)(H,43,48)(H,50,51)(H,52,53,54)/b28-17+,41-38-,44-33-/t25-,26+,34-/m0/s1. The van der Waals surface area contributed by atoms with Gasteiger partial charge in [-0.25, -0.2) is 14.8 Å². The second kappa shape index (κ2) is 18.2. The number of allylic oxidation sites excluding steroid dienone is 3. The Morgan fingerprint density at radius 1 is 1.26 bits per heavy atom. The Balaban J connectivity index is 1.66. The van der Waals surface area contributed by atoms with Crippen molar-refractivity contribution in [1.29, 1.82) is 0 Å². The van der Waals surface area contributed by atoms with Gasteiger partial charge in [0.2, 0.25) is 5.60 Å². The maximum atomic E-state index is 13.5. The third kappa shape index (κ3) is 10.5. The normalized spacial score (nSPS) is 21.0. The summed E-state index contributed by atoms with van der Waals surface area (Å²) in [6.07, 6.45) is 10.4. The third-order valence-corrected chi connectivity index (χ3v) is 10.7. The van der Waals surface area contributed by atoms with Crippen LogP contribution in [0.4, 0.5) is 0 Å². The Labute approximate surface area is 333 Å². The number of carbonyl (C=O) groups excluding carboxylic acids is 2. The lowest BCUT2D eigenvalue weighted by molar-refractivity contribution is -0.161. The summed E-state index contributed by atoms with van der Waals surface area (Å²) >= 11 is 0. The van der Waals surface area contributed by atoms with E-state index in [4.69, 9.17) is 15.3 Å². The topological polar surface area (TPSA) is 246 Å². The number of nitrogens with zero attached hydrogens (tertiary/aromatic N) is 5. The van der Waals surface area contributed by atoms with Crippen molar-refractivity contribution in [3.05, 3.63) is 70.6 Å². The van der Waals surface area contributed by atoms with Crippen molar-refractivity contribution in [3.8, 4) is 11.5 Å².